The van der Waals surface area contributed by atoms with Crippen LogP contribution in [0.2, 0.25) is 0 Å². The van der Waals surface area contributed by atoms with Gasteiger partial charge in [-0.25, -0.2) is 0 Å². The Morgan fingerprint density at radius 3 is 1.16 bits per heavy atom. The molecule has 0 aliphatic heterocycles. The summed E-state index contributed by atoms with van der Waals surface area (Å²) in [7, 11) is 0. The van der Waals surface area contributed by atoms with E-state index in [-0.39, 0.29) is 6.47 Å². The van der Waals surface area contributed by atoms with Gasteiger partial charge in [0.2, 0.25) is 0 Å². The maximum Gasteiger partial charge on any atom is 0.290 e. The fourth-order valence-electron chi connectivity index (χ4n) is 1.18. The van der Waals surface area contributed by atoms with Gasteiger partial charge in [0.05, 0.1) is 0 Å². The Kier molecular flexibility index (Phi) is 10.2. The maximum absolute atomic E-state index is 8.36. The third-order valence-electron chi connectivity index (χ3n) is 2.07. The minimum Gasteiger partial charge on any atom is -0.483 e. The van der Waals surface area contributed by atoms with E-state index in [1.165, 1.54) is 11.1 Å². The first-order valence-corrected chi connectivity index (χ1v) is 5.71. The van der Waals surface area contributed by atoms with Crippen molar-refractivity contribution in [3.63, 3.8) is 0 Å². The Hall–Kier alpha value is -2.61. The van der Waals surface area contributed by atoms with Crippen LogP contribution in [0.3, 0.4) is 0 Å². The predicted octanol–water partition coefficient (Wildman–Crippen LogP) is 4.36. The number of benzene rings is 2. The highest BCUT2D eigenvalue weighted by Gasteiger charge is 1.76. The van der Waals surface area contributed by atoms with Crippen LogP contribution in [0.25, 0.3) is 12.2 Å². The number of carboxylic acid groups (broad SMARTS) is 1. The van der Waals surface area contributed by atoms with Crippen LogP contribution < -0.4 is 0 Å². The van der Waals surface area contributed by atoms with Crippen molar-refractivity contribution in [2.24, 2.45) is 0 Å². The van der Waals surface area contributed by atoms with Gasteiger partial charge in [0.25, 0.3) is 6.47 Å². The van der Waals surface area contributed by atoms with E-state index in [0.717, 1.165) is 0 Å². The summed E-state index contributed by atoms with van der Waals surface area (Å²) in [5.74, 6) is 0. The molecule has 19 heavy (non-hydrogen) atoms. The number of carbonyl (C=O) groups is 1. The Balaban J connectivity index is 0.000000284. The van der Waals surface area contributed by atoms with Crippen LogP contribution in [0.1, 0.15) is 11.1 Å². The SMILES string of the molecule is C=Cc1ccccc1.C=Cc1ccccc1.O=CO. The molecule has 0 radical (unpaired) electrons. The van der Waals surface area contributed by atoms with Crippen LogP contribution >= 0.6 is 0 Å². The van der Waals surface area contributed by atoms with E-state index in [9.17, 15) is 0 Å². The molecule has 0 fully saturated rings. The van der Waals surface area contributed by atoms with E-state index < -0.39 is 0 Å². The van der Waals surface area contributed by atoms with Gasteiger partial charge in [-0.3, -0.25) is 4.79 Å². The van der Waals surface area contributed by atoms with Gasteiger partial charge in [-0.2, -0.15) is 0 Å². The Bertz CT molecular complexity index is 418. The molecule has 2 rings (SSSR count). The monoisotopic (exact) mass is 254 g/mol. The molecule has 0 aromatic heterocycles. The molecule has 0 bridgehead atoms. The van der Waals surface area contributed by atoms with Crippen LogP contribution in [0, 0.1) is 0 Å². The third kappa shape index (κ3) is 9.12. The lowest BCUT2D eigenvalue weighted by atomic mass is 10.2. The normalized spacial score (nSPS) is 7.79. The fourth-order valence-corrected chi connectivity index (χ4v) is 1.18. The highest BCUT2D eigenvalue weighted by Crippen LogP contribution is 1.98. The summed E-state index contributed by atoms with van der Waals surface area (Å²) >= 11 is 0. The lowest BCUT2D eigenvalue weighted by Gasteiger charge is -1.85. The molecular formula is C17H18O2. The largest absolute Gasteiger partial charge is 0.483 e. The lowest BCUT2D eigenvalue weighted by molar-refractivity contribution is -0.122. The molecule has 0 saturated carbocycles. The number of hydrogen-bond acceptors (Lipinski definition) is 1. The van der Waals surface area contributed by atoms with Crippen molar-refractivity contribution in [3.8, 4) is 0 Å². The summed E-state index contributed by atoms with van der Waals surface area (Å²) in [6.45, 7) is 7.01. The van der Waals surface area contributed by atoms with Gasteiger partial charge in [-0.15, -0.1) is 0 Å². The zero-order valence-corrected chi connectivity index (χ0v) is 10.8. The van der Waals surface area contributed by atoms with Gasteiger partial charge in [-0.05, 0) is 11.1 Å². The summed E-state index contributed by atoms with van der Waals surface area (Å²) < 4.78 is 0. The Morgan fingerprint density at radius 1 is 0.737 bits per heavy atom. The van der Waals surface area contributed by atoms with Gasteiger partial charge in [0.1, 0.15) is 0 Å². The smallest absolute Gasteiger partial charge is 0.290 e. The molecule has 2 heteroatoms. The molecule has 0 atom stereocenters. The average Bonchev–Trinajstić information content (AvgIpc) is 2.50. The standard InChI is InChI=1S/2C8H8.CH2O2/c2*1-2-8-6-4-3-5-7-8;2-1-3/h2*2-7H,1H2;1H,(H,2,3). The summed E-state index contributed by atoms with van der Waals surface area (Å²) in [6.07, 6.45) is 3.67. The fraction of sp³-hybridized carbons (Fsp3) is 0. The molecule has 1 N–H and O–H groups in total. The second kappa shape index (κ2) is 11.9. The zero-order chi connectivity index (χ0) is 14.3. The minimum absolute atomic E-state index is 0.250. The molecule has 2 nitrogen and oxygen atoms in total. The number of hydrogen-bond donors (Lipinski definition) is 1. The molecule has 0 heterocycles. The molecule has 98 valence electrons. The molecule has 2 aromatic carbocycles. The van der Waals surface area contributed by atoms with Crippen LogP contribution in [0.4, 0.5) is 0 Å². The van der Waals surface area contributed by atoms with Gasteiger partial charge in [0, 0.05) is 0 Å². The predicted molar refractivity (Wildman–Crippen MR) is 81.8 cm³/mol. The van der Waals surface area contributed by atoms with E-state index in [4.69, 9.17) is 9.90 Å². The van der Waals surface area contributed by atoms with Crippen molar-refractivity contribution >= 4 is 18.6 Å². The quantitative estimate of drug-likeness (QED) is 0.808. The molecule has 0 unspecified atom stereocenters. The zero-order valence-electron chi connectivity index (χ0n) is 10.8. The molecule has 2 aromatic rings. The van der Waals surface area contributed by atoms with Crippen LogP contribution in [-0.4, -0.2) is 11.6 Å². The summed E-state index contributed by atoms with van der Waals surface area (Å²) in [6, 6.07) is 20.1. The first-order chi connectivity index (χ1) is 9.28. The lowest BCUT2D eigenvalue weighted by Crippen LogP contribution is -1.63. The van der Waals surface area contributed by atoms with Crippen LogP contribution in [-0.2, 0) is 4.79 Å². The van der Waals surface area contributed by atoms with E-state index in [1.807, 2.05) is 72.8 Å². The van der Waals surface area contributed by atoms with Crippen molar-refractivity contribution in [2.45, 2.75) is 0 Å². The summed E-state index contributed by atoms with van der Waals surface area (Å²) in [4.78, 5) is 8.36. The first kappa shape index (κ1) is 16.4. The van der Waals surface area contributed by atoms with Gasteiger partial charge in [0.15, 0.2) is 0 Å². The van der Waals surface area contributed by atoms with Gasteiger partial charge >= 0.3 is 0 Å². The van der Waals surface area contributed by atoms with Crippen LogP contribution in [0.5, 0.6) is 0 Å². The molecule has 0 saturated heterocycles. The number of rotatable bonds is 2. The highest BCUT2D eigenvalue weighted by molar-refractivity contribution is 5.46. The van der Waals surface area contributed by atoms with Crippen molar-refractivity contribution in [3.05, 3.63) is 84.9 Å². The van der Waals surface area contributed by atoms with Crippen molar-refractivity contribution in [1.82, 2.24) is 0 Å². The first-order valence-electron chi connectivity index (χ1n) is 5.71. The molecule has 0 aliphatic rings. The van der Waals surface area contributed by atoms with E-state index >= 15 is 0 Å². The van der Waals surface area contributed by atoms with E-state index in [0.29, 0.717) is 0 Å². The third-order valence-corrected chi connectivity index (χ3v) is 2.07. The van der Waals surface area contributed by atoms with Crippen molar-refractivity contribution < 1.29 is 9.90 Å². The second-order valence-electron chi connectivity index (χ2n) is 3.34. The minimum atomic E-state index is -0.250. The Labute approximate surface area is 114 Å². The summed E-state index contributed by atoms with van der Waals surface area (Å²) in [5.41, 5.74) is 2.35. The molecular weight excluding hydrogens is 236 g/mol. The average molecular weight is 254 g/mol. The molecule has 0 aliphatic carbocycles. The topological polar surface area (TPSA) is 37.3 Å². The van der Waals surface area contributed by atoms with Crippen molar-refractivity contribution in [1.29, 1.82) is 0 Å². The maximum atomic E-state index is 8.36. The van der Waals surface area contributed by atoms with Crippen molar-refractivity contribution in [2.75, 3.05) is 0 Å². The molecule has 0 spiro atoms. The highest BCUT2D eigenvalue weighted by atomic mass is 16.3. The second-order valence-corrected chi connectivity index (χ2v) is 3.34. The molecule has 0 amide bonds. The van der Waals surface area contributed by atoms with Gasteiger partial charge < -0.3 is 5.11 Å². The summed E-state index contributed by atoms with van der Waals surface area (Å²) in [5, 5.41) is 6.89. The van der Waals surface area contributed by atoms with E-state index in [1.54, 1.807) is 0 Å². The Morgan fingerprint density at radius 2 is 1.00 bits per heavy atom. The van der Waals surface area contributed by atoms with E-state index in [2.05, 4.69) is 13.2 Å². The van der Waals surface area contributed by atoms with Gasteiger partial charge in [-0.1, -0.05) is 86.0 Å². The van der Waals surface area contributed by atoms with Crippen LogP contribution in [0.15, 0.2) is 73.8 Å².